The number of nitrogens with two attached hydrogens (primary N) is 2. The zero-order valence-corrected chi connectivity index (χ0v) is 45.9. The van der Waals surface area contributed by atoms with E-state index in [9.17, 15) is 93.6 Å². The highest BCUT2D eigenvalue weighted by atomic mass is 16.5. The van der Waals surface area contributed by atoms with Crippen molar-refractivity contribution >= 4 is 71.1 Å². The summed E-state index contributed by atoms with van der Waals surface area (Å²) in [5.74, 6) is -16.3. The van der Waals surface area contributed by atoms with E-state index in [1.165, 1.54) is 6.92 Å². The molecule has 31 heteroatoms. The van der Waals surface area contributed by atoms with Crippen molar-refractivity contribution in [1.82, 2.24) is 41.7 Å². The molecule has 0 aromatic heterocycles. The first-order chi connectivity index (χ1) is 38.2. The van der Waals surface area contributed by atoms with Crippen LogP contribution < -0.4 is 43.4 Å². The molecule has 458 valence electrons. The summed E-state index contributed by atoms with van der Waals surface area (Å²) in [6.45, 7) is 2.14. The highest BCUT2D eigenvalue weighted by Crippen LogP contribution is 2.23. The van der Waals surface area contributed by atoms with Crippen molar-refractivity contribution in [2.24, 2.45) is 16.5 Å². The van der Waals surface area contributed by atoms with E-state index in [-0.39, 0.29) is 44.7 Å². The molecule has 3 aliphatic rings. The van der Waals surface area contributed by atoms with E-state index in [0.717, 1.165) is 69.6 Å². The first-order valence-electron chi connectivity index (χ1n) is 27.4. The molecule has 8 amide bonds. The Morgan fingerprint density at radius 1 is 0.617 bits per heavy atom. The number of aliphatic carboxylic acids is 2. The number of carbonyl (C=O) groups is 11. The van der Waals surface area contributed by atoms with E-state index >= 15 is 0 Å². The summed E-state index contributed by atoms with van der Waals surface area (Å²) in [6, 6.07) is -16.2. The molecule has 31 nitrogen and oxygen atoms in total. The molecule has 3 aliphatic heterocycles. The van der Waals surface area contributed by atoms with Gasteiger partial charge in [-0.2, -0.15) is 0 Å². The van der Waals surface area contributed by atoms with Crippen LogP contribution >= 0.6 is 0 Å². The van der Waals surface area contributed by atoms with Crippen molar-refractivity contribution in [2.45, 2.75) is 215 Å². The van der Waals surface area contributed by atoms with Crippen LogP contribution in [0.1, 0.15) is 130 Å². The number of unbranched alkanes of at least 4 members (excludes halogenated alkanes) is 10. The Bertz CT molecular complexity index is 2220. The zero-order valence-electron chi connectivity index (χ0n) is 45.9. The van der Waals surface area contributed by atoms with E-state index in [1.54, 1.807) is 0 Å². The summed E-state index contributed by atoms with van der Waals surface area (Å²) < 4.78 is 5.60. The number of carboxylic acid groups (broad SMARTS) is 2. The number of nitrogens with zero attached hydrogens (tertiary/aromatic N) is 3. The van der Waals surface area contributed by atoms with Crippen LogP contribution in [0.25, 0.3) is 0 Å². The van der Waals surface area contributed by atoms with Crippen LogP contribution in [0.2, 0.25) is 0 Å². The summed E-state index contributed by atoms with van der Waals surface area (Å²) in [6.07, 6.45) is -3.89. The fourth-order valence-corrected chi connectivity index (χ4v) is 9.62. The van der Waals surface area contributed by atoms with Gasteiger partial charge in [-0.05, 0) is 52.4 Å². The lowest BCUT2D eigenvalue weighted by Gasteiger charge is -2.32. The van der Waals surface area contributed by atoms with Gasteiger partial charge in [0.25, 0.3) is 0 Å². The third-order valence-electron chi connectivity index (χ3n) is 14.1. The van der Waals surface area contributed by atoms with Crippen LogP contribution in [0.4, 0.5) is 0 Å². The number of esters is 1. The maximum absolute atomic E-state index is 14.1. The van der Waals surface area contributed by atoms with Crippen LogP contribution in [-0.4, -0.2) is 233 Å². The van der Waals surface area contributed by atoms with Gasteiger partial charge in [0.05, 0.1) is 31.3 Å². The largest absolute Gasteiger partial charge is 0.479 e. The number of aliphatic hydroxyl groups is 6. The van der Waals surface area contributed by atoms with Gasteiger partial charge in [0.2, 0.25) is 47.3 Å². The molecule has 0 bridgehead atoms. The van der Waals surface area contributed by atoms with Crippen LogP contribution in [0.15, 0.2) is 4.99 Å². The Balaban J connectivity index is 2.12. The molecular weight excluding hydrogens is 1070 g/mol. The van der Waals surface area contributed by atoms with Gasteiger partial charge < -0.3 is 98.8 Å². The van der Waals surface area contributed by atoms with Gasteiger partial charge in [-0.25, -0.2) is 14.4 Å². The molecule has 0 saturated carbocycles. The molecule has 3 rings (SSSR count). The number of aliphatic imine (C=N–C) groups is 1. The minimum absolute atomic E-state index is 0.0713. The van der Waals surface area contributed by atoms with Crippen LogP contribution in [0, 0.1) is 0 Å². The first-order valence-corrected chi connectivity index (χ1v) is 27.4. The number of hydrogen-bond acceptors (Lipinski definition) is 19. The SMILES string of the molecule is CCCCCCCCCCCCC[C@H]1CC(=O)N[C@@H]([C@H](C)O)C(=O)N[C@H](C)C(=O)N2CC[C@H](O)[C@@H]2C(=O)N[C@@H](CCCN=C(N)N)C(=O)N[C@H]([C@H](O)C(=O)O)C(=O)N[C@H](CO)C(=O)N2CC[C@@H](O)[C@@H]2C(=O)N[C@H]([C@@H](O)C(=O)O)C(=O)O1. The maximum atomic E-state index is 14.1. The summed E-state index contributed by atoms with van der Waals surface area (Å²) >= 11 is 0. The predicted molar refractivity (Wildman–Crippen MR) is 281 cm³/mol. The van der Waals surface area contributed by atoms with Gasteiger partial charge in [0, 0.05) is 19.6 Å². The lowest BCUT2D eigenvalue weighted by molar-refractivity contribution is -0.165. The quantitative estimate of drug-likeness (QED) is 0.0208. The molecule has 81 heavy (non-hydrogen) atoms. The molecular formula is C50H83N11O20. The summed E-state index contributed by atoms with van der Waals surface area (Å²) in [5.41, 5.74) is 10.8. The smallest absolute Gasteiger partial charge is 0.335 e. The third-order valence-corrected chi connectivity index (χ3v) is 14.1. The Morgan fingerprint density at radius 3 is 1.62 bits per heavy atom. The molecule has 0 spiro atoms. The van der Waals surface area contributed by atoms with Gasteiger partial charge in [-0.3, -0.25) is 43.3 Å². The number of guanidine groups is 1. The zero-order chi connectivity index (χ0) is 60.7. The Kier molecular flexibility index (Phi) is 28.6. The molecule has 0 aromatic carbocycles. The number of cyclic esters (lactones) is 1. The maximum Gasteiger partial charge on any atom is 0.335 e. The number of rotatable bonds is 22. The Hall–Kier alpha value is -6.80. The van der Waals surface area contributed by atoms with Crippen molar-refractivity contribution < 1.29 is 98.3 Å². The number of fused-ring (bicyclic) bond motifs is 2. The van der Waals surface area contributed by atoms with E-state index < -0.39 is 176 Å². The van der Waals surface area contributed by atoms with E-state index in [4.69, 9.17) is 16.2 Å². The number of carboxylic acids is 2. The van der Waals surface area contributed by atoms with Gasteiger partial charge in [-0.15, -0.1) is 0 Å². The van der Waals surface area contributed by atoms with Gasteiger partial charge >= 0.3 is 17.9 Å². The fraction of sp³-hybridized carbons (Fsp3) is 0.760. The molecule has 3 saturated heterocycles. The number of nitrogens with one attached hydrogen (secondary N) is 6. The normalized spacial score (nSPS) is 28.3. The molecule has 0 radical (unpaired) electrons. The average Bonchev–Trinajstić information content (AvgIpc) is 4.02. The summed E-state index contributed by atoms with van der Waals surface area (Å²) in [7, 11) is 0. The Morgan fingerprint density at radius 2 is 1.10 bits per heavy atom. The molecule has 0 aliphatic carbocycles. The van der Waals surface area contributed by atoms with Crippen molar-refractivity contribution in [2.75, 3.05) is 26.2 Å². The molecule has 14 atom stereocenters. The summed E-state index contributed by atoms with van der Waals surface area (Å²) in [5, 5.41) is 97.3. The second-order valence-electron chi connectivity index (χ2n) is 20.6. The van der Waals surface area contributed by atoms with Crippen molar-refractivity contribution in [1.29, 1.82) is 0 Å². The van der Waals surface area contributed by atoms with Crippen LogP contribution in [0.3, 0.4) is 0 Å². The van der Waals surface area contributed by atoms with Crippen molar-refractivity contribution in [3.8, 4) is 0 Å². The van der Waals surface area contributed by atoms with Crippen LogP contribution in [0.5, 0.6) is 0 Å². The van der Waals surface area contributed by atoms with Gasteiger partial charge in [0.1, 0.15) is 48.4 Å². The topological polar surface area (TPSA) is 502 Å². The minimum atomic E-state index is -2.81. The highest BCUT2D eigenvalue weighted by molar-refractivity contribution is 6.00. The lowest BCUT2D eigenvalue weighted by Crippen LogP contribution is -2.64. The second-order valence-corrected chi connectivity index (χ2v) is 20.6. The van der Waals surface area contributed by atoms with E-state index in [1.807, 2.05) is 16.0 Å². The standard InChI is InChI=1S/C50H83N11O20/c1-4-5-6-7-8-9-10-11-12-13-14-16-27-23-32(66)57-33(26(3)63)41(70)54-25(2)45(74)60-21-18-30(64)36(60)43(72)55-28(17-15-20-53-50(51)52)40(69)58-34(38(67)47(76)77)42(71)56-29(24-62)46(75)61-22-19-31(65)37(61)44(73)59-35(49(80)81-27)39(68)48(78)79/h25-31,33-39,62-65,67-68H,4-24H2,1-3H3,(H,54,70)(H,55,72)(H,56,71)(H,57,66)(H,58,69)(H,59,73)(H,76,77)(H,78,79)(H4,51,52,53)/t25-,26+,27+,28+,29-,30+,31-,33+,34-,35-,36-,37-,38+,39-/m1/s1. The molecule has 3 fully saturated rings. The average molecular weight is 1160 g/mol. The Labute approximate surface area is 467 Å². The molecule has 0 unspecified atom stereocenters. The second kappa shape index (κ2) is 33.8. The van der Waals surface area contributed by atoms with Crippen molar-refractivity contribution in [3.05, 3.63) is 0 Å². The monoisotopic (exact) mass is 1160 g/mol. The van der Waals surface area contributed by atoms with E-state index in [2.05, 4.69) is 27.9 Å². The number of carbonyl (C=O) groups excluding carboxylic acids is 9. The first kappa shape index (κ1) is 68.5. The summed E-state index contributed by atoms with van der Waals surface area (Å²) in [4.78, 5) is 155. The van der Waals surface area contributed by atoms with Gasteiger partial charge in [-0.1, -0.05) is 71.1 Å². The number of ether oxygens (including phenoxy) is 1. The molecule has 0 aromatic rings. The molecule has 18 N–H and O–H groups in total. The number of hydrogen-bond donors (Lipinski definition) is 16. The van der Waals surface area contributed by atoms with Crippen molar-refractivity contribution in [3.63, 3.8) is 0 Å². The van der Waals surface area contributed by atoms with E-state index in [0.29, 0.717) is 17.7 Å². The highest BCUT2D eigenvalue weighted by Gasteiger charge is 2.48. The third kappa shape index (κ3) is 20.9. The predicted octanol–water partition coefficient (Wildman–Crippen LogP) is -5.83. The fourth-order valence-electron chi connectivity index (χ4n) is 9.62. The minimum Gasteiger partial charge on any atom is -0.479 e. The van der Waals surface area contributed by atoms with Crippen LogP contribution in [-0.2, 0) is 57.5 Å². The molecule has 3 heterocycles. The number of amides is 8. The lowest BCUT2D eigenvalue weighted by atomic mass is 10.0. The van der Waals surface area contributed by atoms with Gasteiger partial charge in [0.15, 0.2) is 24.2 Å². The number of aliphatic hydroxyl groups excluding tert-OH is 6.